The van der Waals surface area contributed by atoms with Gasteiger partial charge < -0.3 is 14.7 Å². The molecule has 1 saturated carbocycles. The van der Waals surface area contributed by atoms with Crippen molar-refractivity contribution in [3.8, 4) is 0 Å². The minimum Gasteiger partial charge on any atom is -0.302 e. The molecule has 10 heteroatoms. The van der Waals surface area contributed by atoms with Gasteiger partial charge in [0.15, 0.2) is 0 Å². The van der Waals surface area contributed by atoms with Gasteiger partial charge in [0.05, 0.1) is 0 Å². The van der Waals surface area contributed by atoms with Crippen LogP contribution >= 0.6 is 27.7 Å². The zero-order valence-corrected chi connectivity index (χ0v) is 11.0. The number of hydrogen-bond acceptors (Lipinski definition) is 5. The summed E-state index contributed by atoms with van der Waals surface area (Å²) < 4.78 is 29.5. The van der Waals surface area contributed by atoms with Crippen molar-refractivity contribution >= 4 is 27.7 Å². The van der Waals surface area contributed by atoms with Crippen molar-refractivity contribution in [2.24, 2.45) is 0 Å². The van der Waals surface area contributed by atoms with Gasteiger partial charge in [0.1, 0.15) is 0 Å². The molecule has 0 aliphatic heterocycles. The lowest BCUT2D eigenvalue weighted by molar-refractivity contribution is 0.235. The fraction of sp³-hybridized carbons (Fsp3) is 1.00. The van der Waals surface area contributed by atoms with Gasteiger partial charge in [-0.25, -0.2) is 13.1 Å². The van der Waals surface area contributed by atoms with E-state index in [1.54, 1.807) is 0 Å². The Labute approximate surface area is 97.6 Å². The van der Waals surface area contributed by atoms with Crippen molar-refractivity contribution in [1.29, 1.82) is 0 Å². The Kier molecular flexibility index (Phi) is 5.48. The minimum absolute atomic E-state index is 0.0783. The summed E-state index contributed by atoms with van der Waals surface area (Å²) in [5.41, 5.74) is 0. The first-order valence-electron chi connectivity index (χ1n) is 4.73. The molecule has 0 spiro atoms. The number of hydrogen-bond donors (Lipinski definition) is 3. The van der Waals surface area contributed by atoms with Crippen LogP contribution < -0.4 is 0 Å². The lowest BCUT2D eigenvalue weighted by Gasteiger charge is -2.20. The van der Waals surface area contributed by atoms with Crippen LogP contribution in [0.25, 0.3) is 0 Å². The molecule has 96 valence electrons. The molecule has 1 rings (SSSR count). The minimum atomic E-state index is -5.01. The van der Waals surface area contributed by atoms with Crippen LogP contribution in [0.2, 0.25) is 0 Å². The lowest BCUT2D eigenvalue weighted by atomic mass is 10.0. The summed E-state index contributed by atoms with van der Waals surface area (Å²) >= 11 is 0.764. The van der Waals surface area contributed by atoms with E-state index in [0.717, 1.165) is 44.1 Å². The smallest absolute Gasteiger partial charge is 0.302 e. The fourth-order valence-electron chi connectivity index (χ4n) is 1.42. The van der Waals surface area contributed by atoms with Crippen molar-refractivity contribution in [3.05, 3.63) is 0 Å². The molecule has 0 aromatic carbocycles. The van der Waals surface area contributed by atoms with Gasteiger partial charge in [-0.3, -0.25) is 0 Å². The molecule has 0 aromatic heterocycles. The maximum atomic E-state index is 11.1. The molecule has 0 heterocycles. The Morgan fingerprint density at radius 2 is 1.62 bits per heavy atom. The van der Waals surface area contributed by atoms with E-state index in [1.807, 2.05) is 0 Å². The van der Waals surface area contributed by atoms with E-state index < -0.39 is 15.6 Å². The first kappa shape index (κ1) is 14.7. The first-order valence-corrected chi connectivity index (χ1v) is 8.56. The van der Waals surface area contributed by atoms with Gasteiger partial charge in [-0.1, -0.05) is 19.3 Å². The average Bonchev–Trinajstić information content (AvgIpc) is 2.13. The molecular formula is C6H14O7P2S. The molecule has 0 bridgehead atoms. The predicted octanol–water partition coefficient (Wildman–Crippen LogP) is 2.19. The zero-order valence-electron chi connectivity index (χ0n) is 8.39. The van der Waals surface area contributed by atoms with Crippen LogP contribution in [0.15, 0.2) is 0 Å². The van der Waals surface area contributed by atoms with Crippen LogP contribution in [0, 0.1) is 0 Å². The van der Waals surface area contributed by atoms with E-state index in [2.05, 4.69) is 8.28 Å². The highest BCUT2D eigenvalue weighted by atomic mass is 32.2. The van der Waals surface area contributed by atoms with Crippen molar-refractivity contribution in [2.45, 2.75) is 37.4 Å². The van der Waals surface area contributed by atoms with Crippen molar-refractivity contribution in [2.75, 3.05) is 0 Å². The molecule has 1 aliphatic carbocycles. The maximum Gasteiger partial charge on any atom is 0.492 e. The summed E-state index contributed by atoms with van der Waals surface area (Å²) in [5.74, 6) is 0. The maximum absolute atomic E-state index is 11.1. The fourth-order valence-corrected chi connectivity index (χ4v) is 4.30. The van der Waals surface area contributed by atoms with E-state index in [4.69, 9.17) is 14.7 Å². The van der Waals surface area contributed by atoms with Crippen molar-refractivity contribution in [3.63, 3.8) is 0 Å². The van der Waals surface area contributed by atoms with E-state index in [-0.39, 0.29) is 5.25 Å². The number of rotatable bonds is 5. The Morgan fingerprint density at radius 1 is 1.06 bits per heavy atom. The van der Waals surface area contributed by atoms with E-state index in [1.165, 1.54) is 0 Å². The molecule has 7 nitrogen and oxygen atoms in total. The zero-order chi connectivity index (χ0) is 12.2. The third-order valence-corrected chi connectivity index (χ3v) is 5.55. The lowest BCUT2D eigenvalue weighted by Crippen LogP contribution is -2.08. The molecule has 0 saturated heterocycles. The van der Waals surface area contributed by atoms with Crippen LogP contribution in [0.3, 0.4) is 0 Å². The highest BCUT2D eigenvalue weighted by molar-refractivity contribution is 7.98. The normalized spacial score (nSPS) is 22.9. The van der Waals surface area contributed by atoms with Gasteiger partial charge in [-0.2, -0.15) is 4.31 Å². The largest absolute Gasteiger partial charge is 0.492 e. The summed E-state index contributed by atoms with van der Waals surface area (Å²) in [7, 11) is -9.69. The molecule has 3 N–H and O–H groups in total. The standard InChI is InChI=1S/C6H14O7P2S/c7-14(8,9)12-15(10,11)13-16-6-4-2-1-3-5-6/h6H,1-5H2,(H,10,11)(H2,7,8,9). The van der Waals surface area contributed by atoms with Gasteiger partial charge in [0.25, 0.3) is 0 Å². The van der Waals surface area contributed by atoms with Gasteiger partial charge in [0.2, 0.25) is 0 Å². The Morgan fingerprint density at radius 3 is 2.12 bits per heavy atom. The quantitative estimate of drug-likeness (QED) is 0.522. The second-order valence-corrected chi connectivity index (χ2v) is 7.50. The Hall–Kier alpha value is 0.610. The molecule has 16 heavy (non-hydrogen) atoms. The highest BCUT2D eigenvalue weighted by Crippen LogP contribution is 2.60. The molecule has 1 fully saturated rings. The predicted molar refractivity (Wildman–Crippen MR) is 58.5 cm³/mol. The van der Waals surface area contributed by atoms with Gasteiger partial charge in [0, 0.05) is 17.3 Å². The summed E-state index contributed by atoms with van der Waals surface area (Å²) in [4.78, 5) is 25.7. The van der Waals surface area contributed by atoms with Gasteiger partial charge in [-0.05, 0) is 12.8 Å². The molecule has 1 atom stereocenters. The van der Waals surface area contributed by atoms with Crippen molar-refractivity contribution < 1.29 is 32.1 Å². The van der Waals surface area contributed by atoms with Gasteiger partial charge >= 0.3 is 15.6 Å². The highest BCUT2D eigenvalue weighted by Gasteiger charge is 2.34. The molecule has 0 aromatic rings. The molecule has 1 aliphatic rings. The van der Waals surface area contributed by atoms with Crippen LogP contribution in [-0.4, -0.2) is 19.9 Å². The van der Waals surface area contributed by atoms with Crippen LogP contribution in [-0.2, 0) is 17.4 Å². The second-order valence-electron chi connectivity index (χ2n) is 3.47. The summed E-state index contributed by atoms with van der Waals surface area (Å²) in [6.45, 7) is 0. The third-order valence-electron chi connectivity index (χ3n) is 2.04. The third kappa shape index (κ3) is 6.37. The first-order chi connectivity index (χ1) is 7.29. The second kappa shape index (κ2) is 5.98. The summed E-state index contributed by atoms with van der Waals surface area (Å²) in [6.07, 6.45) is 4.90. The molecule has 0 radical (unpaired) electrons. The SMILES string of the molecule is O=P(O)(O)OP(=O)(O)OSC1CCCCC1. The van der Waals surface area contributed by atoms with E-state index in [9.17, 15) is 9.13 Å². The van der Waals surface area contributed by atoms with Crippen LogP contribution in [0.5, 0.6) is 0 Å². The monoisotopic (exact) mass is 292 g/mol. The summed E-state index contributed by atoms with van der Waals surface area (Å²) in [6, 6.07) is 0. The van der Waals surface area contributed by atoms with Crippen LogP contribution in [0.4, 0.5) is 0 Å². The molecule has 1 unspecified atom stereocenters. The summed E-state index contributed by atoms with van der Waals surface area (Å²) in [5, 5.41) is 0.0783. The van der Waals surface area contributed by atoms with E-state index >= 15 is 0 Å². The average molecular weight is 292 g/mol. The van der Waals surface area contributed by atoms with E-state index in [0.29, 0.717) is 0 Å². The Bertz CT molecular complexity index is 310. The van der Waals surface area contributed by atoms with Crippen molar-refractivity contribution in [1.82, 2.24) is 0 Å². The molecular weight excluding hydrogens is 278 g/mol. The number of phosphoric acid groups is 2. The topological polar surface area (TPSA) is 113 Å². The van der Waals surface area contributed by atoms with Gasteiger partial charge in [-0.15, -0.1) is 0 Å². The Balaban J connectivity index is 2.35. The van der Waals surface area contributed by atoms with Crippen LogP contribution in [0.1, 0.15) is 32.1 Å². The molecule has 0 amide bonds.